The number of rotatable bonds is 5. The van der Waals surface area contributed by atoms with Gasteiger partial charge in [-0.25, -0.2) is 15.1 Å². The highest BCUT2D eigenvalue weighted by molar-refractivity contribution is 7.98. The first-order chi connectivity index (χ1) is 14.2. The summed E-state index contributed by atoms with van der Waals surface area (Å²) in [5.74, 6) is 2.27. The van der Waals surface area contributed by atoms with E-state index < -0.39 is 10.2 Å². The van der Waals surface area contributed by atoms with Gasteiger partial charge in [0.05, 0.1) is 11.1 Å². The molecule has 2 aromatic heterocycles. The zero-order chi connectivity index (χ0) is 21.5. The number of thiophene rings is 1. The van der Waals surface area contributed by atoms with Crippen molar-refractivity contribution < 1.29 is 8.42 Å². The third kappa shape index (κ3) is 4.58. The van der Waals surface area contributed by atoms with Crippen LogP contribution in [0.1, 0.15) is 16.3 Å². The molecule has 0 unspecified atom stereocenters. The van der Waals surface area contributed by atoms with Crippen LogP contribution in [0.4, 0.5) is 5.82 Å². The maximum absolute atomic E-state index is 11.6. The van der Waals surface area contributed by atoms with Crippen molar-refractivity contribution in [2.75, 3.05) is 31.1 Å². The molecule has 160 valence electrons. The van der Waals surface area contributed by atoms with E-state index in [4.69, 9.17) is 26.7 Å². The summed E-state index contributed by atoms with van der Waals surface area (Å²) in [6, 6.07) is 7.71. The van der Waals surface area contributed by atoms with Gasteiger partial charge in [-0.05, 0) is 43.7 Å². The van der Waals surface area contributed by atoms with Crippen LogP contribution in [0.3, 0.4) is 0 Å². The number of halogens is 1. The number of nitrogens with zero attached hydrogens (tertiary/aromatic N) is 4. The van der Waals surface area contributed by atoms with Crippen LogP contribution in [0.25, 0.3) is 10.2 Å². The number of aromatic nitrogens is 2. The molecule has 0 saturated carbocycles. The van der Waals surface area contributed by atoms with Crippen molar-refractivity contribution in [2.45, 2.75) is 24.5 Å². The smallest absolute Gasteiger partial charge is 0.277 e. The van der Waals surface area contributed by atoms with Gasteiger partial charge in [0.1, 0.15) is 16.5 Å². The lowest BCUT2D eigenvalue weighted by molar-refractivity contribution is 0.384. The number of thioether (sulfide) groups is 1. The molecule has 0 bridgehead atoms. The predicted octanol–water partition coefficient (Wildman–Crippen LogP) is 3.58. The van der Waals surface area contributed by atoms with Crippen molar-refractivity contribution in [3.8, 4) is 0 Å². The third-order valence-corrected chi connectivity index (χ3v) is 8.58. The quantitative estimate of drug-likeness (QED) is 0.557. The average molecular weight is 484 g/mol. The molecule has 1 aliphatic heterocycles. The summed E-state index contributed by atoms with van der Waals surface area (Å²) in [7, 11) is -3.67. The molecule has 1 aromatic carbocycles. The molecule has 7 nitrogen and oxygen atoms in total. The predicted molar refractivity (Wildman–Crippen MR) is 125 cm³/mol. The van der Waals surface area contributed by atoms with Gasteiger partial charge in [0.25, 0.3) is 10.2 Å². The minimum Gasteiger partial charge on any atom is -0.353 e. The van der Waals surface area contributed by atoms with Crippen LogP contribution >= 0.6 is 34.7 Å². The summed E-state index contributed by atoms with van der Waals surface area (Å²) in [6.07, 6.45) is 0. The minimum absolute atomic E-state index is 0.349. The first kappa shape index (κ1) is 21.8. The van der Waals surface area contributed by atoms with E-state index in [1.54, 1.807) is 23.1 Å². The molecule has 1 fully saturated rings. The van der Waals surface area contributed by atoms with Gasteiger partial charge in [-0.1, -0.05) is 11.6 Å². The summed E-state index contributed by atoms with van der Waals surface area (Å²) < 4.78 is 24.6. The van der Waals surface area contributed by atoms with Crippen molar-refractivity contribution in [1.29, 1.82) is 0 Å². The number of nitrogens with two attached hydrogens (primary N) is 1. The van der Waals surface area contributed by atoms with E-state index in [0.29, 0.717) is 37.0 Å². The topological polar surface area (TPSA) is 92.4 Å². The first-order valence-corrected chi connectivity index (χ1v) is 13.1. The number of anilines is 1. The SMILES string of the molecule is Cc1sc2nc(CSc3ccc(Cl)cc3)nc(N3CCN(S(N)(=O)=O)CC3)c2c1C. The zero-order valence-electron chi connectivity index (χ0n) is 16.6. The lowest BCUT2D eigenvalue weighted by atomic mass is 10.2. The minimum atomic E-state index is -3.67. The van der Waals surface area contributed by atoms with E-state index in [9.17, 15) is 8.42 Å². The Morgan fingerprint density at radius 1 is 1.13 bits per heavy atom. The van der Waals surface area contributed by atoms with Crippen LogP contribution in [-0.2, 0) is 16.0 Å². The Hall–Kier alpha value is -1.43. The Morgan fingerprint density at radius 3 is 2.43 bits per heavy atom. The Morgan fingerprint density at radius 2 is 1.80 bits per heavy atom. The molecule has 0 radical (unpaired) electrons. The number of aryl methyl sites for hydroxylation is 2. The van der Waals surface area contributed by atoms with Gasteiger partial charge in [-0.2, -0.15) is 12.7 Å². The second-order valence-corrected chi connectivity index (χ2v) is 11.3. The zero-order valence-corrected chi connectivity index (χ0v) is 19.8. The van der Waals surface area contributed by atoms with Crippen molar-refractivity contribution >= 4 is 60.9 Å². The van der Waals surface area contributed by atoms with Gasteiger partial charge in [-0.3, -0.25) is 0 Å². The molecule has 0 spiro atoms. The standard InChI is InChI=1S/C19H22ClN5O2S3/c1-12-13(2)29-19-17(12)18(24-7-9-25(10-8-24)30(21,26)27)22-16(23-19)11-28-15-5-3-14(20)4-6-15/h3-6H,7-11H2,1-2H3,(H2,21,26,27). The molecule has 0 amide bonds. The fraction of sp³-hybridized carbons (Fsp3) is 0.368. The molecular formula is C19H22ClN5O2S3. The van der Waals surface area contributed by atoms with E-state index in [0.717, 1.165) is 26.8 Å². The summed E-state index contributed by atoms with van der Waals surface area (Å²) in [6.45, 7) is 5.96. The molecule has 1 saturated heterocycles. The lowest BCUT2D eigenvalue weighted by Gasteiger charge is -2.34. The average Bonchev–Trinajstić information content (AvgIpc) is 3.00. The molecule has 3 heterocycles. The molecule has 0 aliphatic carbocycles. The van der Waals surface area contributed by atoms with Gasteiger partial charge >= 0.3 is 0 Å². The number of piperazine rings is 1. The normalized spacial score (nSPS) is 15.8. The van der Waals surface area contributed by atoms with Gasteiger partial charge < -0.3 is 4.90 Å². The monoisotopic (exact) mass is 483 g/mol. The van der Waals surface area contributed by atoms with Gasteiger partial charge in [0, 0.05) is 41.0 Å². The van der Waals surface area contributed by atoms with E-state index in [-0.39, 0.29) is 0 Å². The molecule has 2 N–H and O–H groups in total. The number of hydrogen-bond donors (Lipinski definition) is 1. The van der Waals surface area contributed by atoms with Gasteiger partial charge in [-0.15, -0.1) is 23.1 Å². The summed E-state index contributed by atoms with van der Waals surface area (Å²) >= 11 is 9.30. The van der Waals surface area contributed by atoms with Gasteiger partial charge in [0.2, 0.25) is 0 Å². The summed E-state index contributed by atoms with van der Waals surface area (Å²) in [5, 5.41) is 7.05. The fourth-order valence-electron chi connectivity index (χ4n) is 3.40. The fourth-order valence-corrected chi connectivity index (χ4v) is 5.99. The Kier molecular flexibility index (Phi) is 6.25. The molecule has 1 aliphatic rings. The largest absolute Gasteiger partial charge is 0.353 e. The van der Waals surface area contributed by atoms with Crippen LogP contribution in [0.15, 0.2) is 29.2 Å². The third-order valence-electron chi connectivity index (χ3n) is 5.14. The van der Waals surface area contributed by atoms with E-state index in [2.05, 4.69) is 18.7 Å². The van der Waals surface area contributed by atoms with Crippen molar-refractivity contribution in [1.82, 2.24) is 14.3 Å². The number of fused-ring (bicyclic) bond motifs is 1. The lowest BCUT2D eigenvalue weighted by Crippen LogP contribution is -2.51. The molecular weight excluding hydrogens is 462 g/mol. The van der Waals surface area contributed by atoms with Crippen molar-refractivity contribution in [3.05, 3.63) is 45.6 Å². The van der Waals surface area contributed by atoms with E-state index in [1.807, 2.05) is 24.3 Å². The maximum atomic E-state index is 11.6. The van der Waals surface area contributed by atoms with Crippen molar-refractivity contribution in [2.24, 2.45) is 5.14 Å². The Labute approximate surface area is 189 Å². The Bertz CT molecular complexity index is 1170. The first-order valence-electron chi connectivity index (χ1n) is 9.40. The van der Waals surface area contributed by atoms with Crippen LogP contribution < -0.4 is 10.0 Å². The molecule has 0 atom stereocenters. The van der Waals surface area contributed by atoms with Crippen LogP contribution in [-0.4, -0.2) is 48.9 Å². The summed E-state index contributed by atoms with van der Waals surface area (Å²) in [5.41, 5.74) is 1.18. The van der Waals surface area contributed by atoms with E-state index in [1.165, 1.54) is 14.7 Å². The van der Waals surface area contributed by atoms with Crippen LogP contribution in [0, 0.1) is 13.8 Å². The number of hydrogen-bond acceptors (Lipinski definition) is 7. The van der Waals surface area contributed by atoms with Gasteiger partial charge in [0.15, 0.2) is 0 Å². The highest BCUT2D eigenvalue weighted by atomic mass is 35.5. The molecule has 4 rings (SSSR count). The number of benzene rings is 1. The summed E-state index contributed by atoms with van der Waals surface area (Å²) in [4.78, 5) is 15.1. The molecule has 3 aromatic rings. The van der Waals surface area contributed by atoms with Crippen LogP contribution in [0.2, 0.25) is 5.02 Å². The van der Waals surface area contributed by atoms with E-state index >= 15 is 0 Å². The molecule has 11 heteroatoms. The second-order valence-electron chi connectivity index (χ2n) is 7.10. The maximum Gasteiger partial charge on any atom is 0.277 e. The van der Waals surface area contributed by atoms with Crippen molar-refractivity contribution in [3.63, 3.8) is 0 Å². The second kappa shape index (κ2) is 8.60. The Balaban J connectivity index is 1.63. The molecule has 30 heavy (non-hydrogen) atoms. The highest BCUT2D eigenvalue weighted by Crippen LogP contribution is 2.36. The van der Waals surface area contributed by atoms with Crippen LogP contribution in [0.5, 0.6) is 0 Å². The highest BCUT2D eigenvalue weighted by Gasteiger charge is 2.27.